The number of methoxy groups -OCH3 is 1. The van der Waals surface area contributed by atoms with Gasteiger partial charge in [0.05, 0.1) is 24.7 Å². The number of aromatic nitrogens is 1. The van der Waals surface area contributed by atoms with Crippen molar-refractivity contribution in [3.8, 4) is 0 Å². The first-order chi connectivity index (χ1) is 12.2. The number of amides is 1. The monoisotopic (exact) mass is 374 g/mol. The molecule has 2 aromatic heterocycles. The van der Waals surface area contributed by atoms with Gasteiger partial charge in [-0.1, -0.05) is 12.1 Å². The predicted octanol–water partition coefficient (Wildman–Crippen LogP) is 4.07. The number of benzene rings is 1. The zero-order chi connectivity index (χ0) is 17.6. The van der Waals surface area contributed by atoms with Gasteiger partial charge < -0.3 is 9.15 Å². The van der Waals surface area contributed by atoms with Crippen LogP contribution < -0.4 is 5.32 Å². The SMILES string of the molecule is COC(=O)c1ccoc1CSc1ccccc1C(=O)Nc1nccs1. The maximum atomic E-state index is 12.5. The van der Waals surface area contributed by atoms with E-state index in [2.05, 4.69) is 10.3 Å². The first-order valence-corrected chi connectivity index (χ1v) is 9.13. The molecule has 1 aromatic carbocycles. The summed E-state index contributed by atoms with van der Waals surface area (Å²) in [6.45, 7) is 0. The van der Waals surface area contributed by atoms with Gasteiger partial charge in [-0.3, -0.25) is 10.1 Å². The molecule has 1 amide bonds. The Morgan fingerprint density at radius 3 is 2.88 bits per heavy atom. The van der Waals surface area contributed by atoms with Gasteiger partial charge in [-0.2, -0.15) is 0 Å². The summed E-state index contributed by atoms with van der Waals surface area (Å²) in [5.74, 6) is 0.232. The van der Waals surface area contributed by atoms with E-state index < -0.39 is 5.97 Å². The number of esters is 1. The van der Waals surface area contributed by atoms with E-state index in [1.54, 1.807) is 29.8 Å². The van der Waals surface area contributed by atoms with E-state index in [-0.39, 0.29) is 5.91 Å². The number of thiazole rings is 1. The fourth-order valence-corrected chi connectivity index (χ4v) is 3.64. The quantitative estimate of drug-likeness (QED) is 0.517. The largest absolute Gasteiger partial charge is 0.468 e. The van der Waals surface area contributed by atoms with Crippen LogP contribution in [0.2, 0.25) is 0 Å². The van der Waals surface area contributed by atoms with Crippen molar-refractivity contribution in [2.45, 2.75) is 10.6 Å². The Bertz CT molecular complexity index is 874. The van der Waals surface area contributed by atoms with Gasteiger partial charge in [0.2, 0.25) is 0 Å². The van der Waals surface area contributed by atoms with Crippen LogP contribution in [0.1, 0.15) is 26.5 Å². The van der Waals surface area contributed by atoms with Crippen molar-refractivity contribution in [1.29, 1.82) is 0 Å². The van der Waals surface area contributed by atoms with Crippen LogP contribution in [0.3, 0.4) is 0 Å². The Labute approximate surface area is 152 Å². The molecule has 0 aliphatic carbocycles. The Morgan fingerprint density at radius 2 is 2.12 bits per heavy atom. The van der Waals surface area contributed by atoms with Crippen LogP contribution in [0, 0.1) is 0 Å². The molecule has 0 aliphatic heterocycles. The van der Waals surface area contributed by atoms with Crippen molar-refractivity contribution in [3.05, 3.63) is 65.1 Å². The van der Waals surface area contributed by atoms with Crippen molar-refractivity contribution >= 4 is 40.1 Å². The Kier molecular flexibility index (Phi) is 5.52. The lowest BCUT2D eigenvalue weighted by Crippen LogP contribution is -2.12. The normalized spacial score (nSPS) is 10.4. The fraction of sp³-hybridized carbons (Fsp3) is 0.118. The minimum absolute atomic E-state index is 0.231. The molecule has 3 rings (SSSR count). The highest BCUT2D eigenvalue weighted by molar-refractivity contribution is 7.98. The molecule has 0 spiro atoms. The molecule has 0 atom stereocenters. The van der Waals surface area contributed by atoms with Gasteiger partial charge in [-0.25, -0.2) is 9.78 Å². The molecule has 0 saturated heterocycles. The van der Waals surface area contributed by atoms with Gasteiger partial charge in [0.25, 0.3) is 5.91 Å². The van der Waals surface area contributed by atoms with Gasteiger partial charge >= 0.3 is 5.97 Å². The van der Waals surface area contributed by atoms with Crippen molar-refractivity contribution in [2.24, 2.45) is 0 Å². The van der Waals surface area contributed by atoms with Crippen LogP contribution in [0.4, 0.5) is 5.13 Å². The number of furan rings is 1. The molecule has 2 heterocycles. The number of anilines is 1. The third-order valence-electron chi connectivity index (χ3n) is 3.29. The summed E-state index contributed by atoms with van der Waals surface area (Å²) in [7, 11) is 1.32. The van der Waals surface area contributed by atoms with E-state index in [4.69, 9.17) is 9.15 Å². The summed E-state index contributed by atoms with van der Waals surface area (Å²) in [6.07, 6.45) is 3.08. The van der Waals surface area contributed by atoms with Crippen LogP contribution in [0.5, 0.6) is 0 Å². The van der Waals surface area contributed by atoms with Gasteiger partial charge in [0.1, 0.15) is 11.3 Å². The third-order valence-corrected chi connectivity index (χ3v) is 5.06. The zero-order valence-electron chi connectivity index (χ0n) is 13.2. The molecule has 0 unspecified atom stereocenters. The van der Waals surface area contributed by atoms with E-state index in [0.29, 0.717) is 27.8 Å². The average molecular weight is 374 g/mol. The van der Waals surface area contributed by atoms with Crippen molar-refractivity contribution in [1.82, 2.24) is 4.98 Å². The van der Waals surface area contributed by atoms with Crippen molar-refractivity contribution in [3.63, 3.8) is 0 Å². The van der Waals surface area contributed by atoms with E-state index in [1.807, 2.05) is 12.1 Å². The number of hydrogen-bond donors (Lipinski definition) is 1. The van der Waals surface area contributed by atoms with E-state index >= 15 is 0 Å². The molecule has 0 radical (unpaired) electrons. The second-order valence-electron chi connectivity index (χ2n) is 4.83. The van der Waals surface area contributed by atoms with Gasteiger partial charge in [0.15, 0.2) is 5.13 Å². The van der Waals surface area contributed by atoms with Gasteiger partial charge in [-0.05, 0) is 18.2 Å². The number of thioether (sulfide) groups is 1. The minimum atomic E-state index is -0.445. The van der Waals surface area contributed by atoms with Crippen molar-refractivity contribution < 1.29 is 18.7 Å². The lowest BCUT2D eigenvalue weighted by atomic mass is 10.2. The lowest BCUT2D eigenvalue weighted by molar-refractivity contribution is 0.0598. The number of rotatable bonds is 6. The van der Waals surface area contributed by atoms with E-state index in [1.165, 1.54) is 36.5 Å². The molecule has 3 aromatic rings. The highest BCUT2D eigenvalue weighted by atomic mass is 32.2. The average Bonchev–Trinajstić information content (AvgIpc) is 3.31. The Balaban J connectivity index is 1.74. The summed E-state index contributed by atoms with van der Waals surface area (Å²) >= 11 is 2.76. The summed E-state index contributed by atoms with van der Waals surface area (Å²) in [5.41, 5.74) is 0.925. The predicted molar refractivity (Wildman–Crippen MR) is 96.1 cm³/mol. The summed E-state index contributed by atoms with van der Waals surface area (Å²) in [4.78, 5) is 29.0. The number of nitrogens with zero attached hydrogens (tertiary/aromatic N) is 1. The van der Waals surface area contributed by atoms with E-state index in [9.17, 15) is 9.59 Å². The number of ether oxygens (including phenoxy) is 1. The minimum Gasteiger partial charge on any atom is -0.468 e. The Hall–Kier alpha value is -2.58. The number of carbonyl (C=O) groups is 2. The topological polar surface area (TPSA) is 81.4 Å². The second kappa shape index (κ2) is 8.00. The molecule has 25 heavy (non-hydrogen) atoms. The van der Waals surface area contributed by atoms with Crippen molar-refractivity contribution in [2.75, 3.05) is 12.4 Å². The summed E-state index contributed by atoms with van der Waals surface area (Å²) in [5, 5.41) is 5.11. The molecule has 0 aliphatic rings. The van der Waals surface area contributed by atoms with Gasteiger partial charge in [-0.15, -0.1) is 23.1 Å². The molecule has 0 bridgehead atoms. The summed E-state index contributed by atoms with van der Waals surface area (Å²) < 4.78 is 10.1. The second-order valence-corrected chi connectivity index (χ2v) is 6.74. The maximum Gasteiger partial charge on any atom is 0.341 e. The molecule has 1 N–H and O–H groups in total. The molecule has 0 fully saturated rings. The standard InChI is InChI=1S/C17H14N2O4S2/c1-22-16(21)11-6-8-23-13(11)10-25-14-5-3-2-4-12(14)15(20)19-17-18-7-9-24-17/h2-9H,10H2,1H3,(H,18,19,20). The van der Waals surface area contributed by atoms with Gasteiger partial charge in [0, 0.05) is 16.5 Å². The molecule has 128 valence electrons. The summed E-state index contributed by atoms with van der Waals surface area (Å²) in [6, 6.07) is 8.82. The fourth-order valence-electron chi connectivity index (χ4n) is 2.12. The third kappa shape index (κ3) is 4.09. The smallest absolute Gasteiger partial charge is 0.341 e. The number of carbonyl (C=O) groups excluding carboxylic acids is 2. The zero-order valence-corrected chi connectivity index (χ0v) is 14.9. The maximum absolute atomic E-state index is 12.5. The lowest BCUT2D eigenvalue weighted by Gasteiger charge is -2.08. The van der Waals surface area contributed by atoms with Crippen LogP contribution in [-0.2, 0) is 10.5 Å². The Morgan fingerprint density at radius 1 is 1.28 bits per heavy atom. The molecular weight excluding hydrogens is 360 g/mol. The first kappa shape index (κ1) is 17.2. The van der Waals surface area contributed by atoms with Crippen LogP contribution in [0.15, 0.2) is 57.5 Å². The first-order valence-electron chi connectivity index (χ1n) is 7.26. The number of hydrogen-bond acceptors (Lipinski definition) is 7. The number of nitrogens with one attached hydrogen (secondary N) is 1. The molecule has 0 saturated carbocycles. The van der Waals surface area contributed by atoms with E-state index in [0.717, 1.165) is 4.90 Å². The van der Waals surface area contributed by atoms with Crippen LogP contribution >= 0.6 is 23.1 Å². The molecule has 8 heteroatoms. The van der Waals surface area contributed by atoms with Crippen LogP contribution in [0.25, 0.3) is 0 Å². The molecule has 6 nitrogen and oxygen atoms in total. The highest BCUT2D eigenvalue weighted by Crippen LogP contribution is 2.29. The highest BCUT2D eigenvalue weighted by Gasteiger charge is 2.17. The van der Waals surface area contributed by atoms with Crippen LogP contribution in [-0.4, -0.2) is 24.0 Å². The molecular formula is C17H14N2O4S2.